The molecule has 1 N–H and O–H groups in total. The van der Waals surface area contributed by atoms with Crippen LogP contribution >= 0.6 is 11.6 Å². The molecule has 0 aliphatic heterocycles. The lowest BCUT2D eigenvalue weighted by Gasteiger charge is -2.10. The molecule has 1 aliphatic rings. The summed E-state index contributed by atoms with van der Waals surface area (Å²) in [5.41, 5.74) is -0.155. The Balaban J connectivity index is 1.30. The van der Waals surface area contributed by atoms with Gasteiger partial charge in [-0.15, -0.1) is 0 Å². The van der Waals surface area contributed by atoms with E-state index < -0.39 is 53.4 Å². The molecule has 1 saturated carbocycles. The molecule has 5 nitrogen and oxygen atoms in total. The molecule has 0 unspecified atom stereocenters. The number of nitrogens with zero attached hydrogens (tertiary/aromatic N) is 2. The van der Waals surface area contributed by atoms with Crippen LogP contribution in [0.3, 0.4) is 0 Å². The SMILES string of the molecule is O=C(NCCCn1nc(C(F)(F)F)c(Cl)c1C1CC1)c1ccc(COc2c(F)c(F)cc(F)c2F)cc1. The minimum atomic E-state index is -4.66. The fraction of sp³-hybridized carbons (Fsp3) is 0.333. The first-order valence-corrected chi connectivity index (χ1v) is 11.5. The number of aromatic nitrogens is 2. The van der Waals surface area contributed by atoms with Crippen molar-refractivity contribution < 1.29 is 40.3 Å². The third kappa shape index (κ3) is 6.00. The summed E-state index contributed by atoms with van der Waals surface area (Å²) in [7, 11) is 0. The number of halogens is 8. The molecule has 0 spiro atoms. The Morgan fingerprint density at radius 3 is 2.27 bits per heavy atom. The molecular weight excluding hydrogens is 531 g/mol. The minimum Gasteiger partial charge on any atom is -0.483 e. The lowest BCUT2D eigenvalue weighted by atomic mass is 10.1. The van der Waals surface area contributed by atoms with Gasteiger partial charge >= 0.3 is 6.18 Å². The van der Waals surface area contributed by atoms with Crippen LogP contribution in [-0.4, -0.2) is 22.2 Å². The number of nitrogens with one attached hydrogen (secondary N) is 1. The van der Waals surface area contributed by atoms with Gasteiger partial charge in [0.05, 0.1) is 10.7 Å². The lowest BCUT2D eigenvalue weighted by molar-refractivity contribution is -0.141. The smallest absolute Gasteiger partial charge is 0.436 e. The van der Waals surface area contributed by atoms with E-state index in [0.717, 1.165) is 12.8 Å². The first kappa shape index (κ1) is 26.8. The van der Waals surface area contributed by atoms with Gasteiger partial charge in [-0.3, -0.25) is 9.48 Å². The molecule has 1 aliphatic carbocycles. The average molecular weight is 550 g/mol. The zero-order valence-electron chi connectivity index (χ0n) is 18.9. The van der Waals surface area contributed by atoms with E-state index in [2.05, 4.69) is 10.4 Å². The maximum absolute atomic E-state index is 13.7. The van der Waals surface area contributed by atoms with Gasteiger partial charge in [0.25, 0.3) is 5.91 Å². The van der Waals surface area contributed by atoms with Crippen molar-refractivity contribution in [1.82, 2.24) is 15.1 Å². The molecule has 1 amide bonds. The Morgan fingerprint density at radius 1 is 1.08 bits per heavy atom. The molecule has 0 bridgehead atoms. The molecule has 13 heteroatoms. The number of rotatable bonds is 9. The van der Waals surface area contributed by atoms with Crippen molar-refractivity contribution in [3.05, 3.63) is 81.1 Å². The molecule has 198 valence electrons. The van der Waals surface area contributed by atoms with Crippen LogP contribution < -0.4 is 10.1 Å². The Kier molecular flexibility index (Phi) is 7.67. The molecule has 0 radical (unpaired) electrons. The normalized spacial score (nSPS) is 13.6. The molecule has 0 saturated heterocycles. The van der Waals surface area contributed by atoms with Crippen LogP contribution in [0.15, 0.2) is 30.3 Å². The number of alkyl halides is 3. The van der Waals surface area contributed by atoms with E-state index in [1.165, 1.54) is 28.9 Å². The third-order valence-electron chi connectivity index (χ3n) is 5.67. The second kappa shape index (κ2) is 10.6. The Morgan fingerprint density at radius 2 is 1.70 bits per heavy atom. The van der Waals surface area contributed by atoms with Gasteiger partial charge in [-0.25, -0.2) is 8.78 Å². The monoisotopic (exact) mass is 549 g/mol. The number of benzene rings is 2. The summed E-state index contributed by atoms with van der Waals surface area (Å²) in [5.74, 6) is -8.22. The molecule has 1 heterocycles. The molecular formula is C24H19ClF7N3O2. The topological polar surface area (TPSA) is 56.2 Å². The summed E-state index contributed by atoms with van der Waals surface area (Å²) >= 11 is 5.94. The van der Waals surface area contributed by atoms with Crippen LogP contribution in [0, 0.1) is 23.3 Å². The summed E-state index contributed by atoms with van der Waals surface area (Å²) < 4.78 is 99.5. The molecule has 0 atom stereocenters. The van der Waals surface area contributed by atoms with Crippen molar-refractivity contribution in [3.63, 3.8) is 0 Å². The predicted octanol–water partition coefficient (Wildman–Crippen LogP) is 6.39. The summed E-state index contributed by atoms with van der Waals surface area (Å²) in [6.07, 6.45) is -2.88. The fourth-order valence-corrected chi connectivity index (χ4v) is 4.07. The maximum atomic E-state index is 13.7. The van der Waals surface area contributed by atoms with Gasteiger partial charge in [-0.2, -0.15) is 27.1 Å². The highest BCUT2D eigenvalue weighted by Gasteiger charge is 2.41. The van der Waals surface area contributed by atoms with Gasteiger partial charge in [0.2, 0.25) is 11.6 Å². The second-order valence-corrected chi connectivity index (χ2v) is 8.81. The molecule has 4 rings (SSSR count). The van der Waals surface area contributed by atoms with Crippen molar-refractivity contribution in [2.75, 3.05) is 6.54 Å². The zero-order valence-corrected chi connectivity index (χ0v) is 19.7. The van der Waals surface area contributed by atoms with Crippen molar-refractivity contribution >= 4 is 17.5 Å². The van der Waals surface area contributed by atoms with Gasteiger partial charge in [0.1, 0.15) is 6.61 Å². The van der Waals surface area contributed by atoms with Gasteiger partial charge in [0, 0.05) is 30.6 Å². The second-order valence-electron chi connectivity index (χ2n) is 8.44. The quantitative estimate of drug-likeness (QED) is 0.191. The van der Waals surface area contributed by atoms with Crippen LogP contribution in [0.4, 0.5) is 30.7 Å². The van der Waals surface area contributed by atoms with E-state index in [4.69, 9.17) is 16.3 Å². The van der Waals surface area contributed by atoms with E-state index in [1.807, 2.05) is 0 Å². The highest BCUT2D eigenvalue weighted by Crippen LogP contribution is 2.46. The van der Waals surface area contributed by atoms with Crippen molar-refractivity contribution in [2.24, 2.45) is 0 Å². The van der Waals surface area contributed by atoms with E-state index in [-0.39, 0.29) is 35.7 Å². The van der Waals surface area contributed by atoms with Crippen molar-refractivity contribution in [2.45, 2.75) is 44.5 Å². The number of carbonyl (C=O) groups is 1. The summed E-state index contributed by atoms with van der Waals surface area (Å²) in [5, 5.41) is 5.90. The number of hydrogen-bond acceptors (Lipinski definition) is 3. The van der Waals surface area contributed by atoms with E-state index in [9.17, 15) is 35.5 Å². The average Bonchev–Trinajstić information content (AvgIpc) is 3.62. The third-order valence-corrected chi connectivity index (χ3v) is 6.04. The van der Waals surface area contributed by atoms with Crippen LogP contribution in [0.1, 0.15) is 52.5 Å². The van der Waals surface area contributed by atoms with E-state index in [1.54, 1.807) is 0 Å². The summed E-state index contributed by atoms with van der Waals surface area (Å²) in [6.45, 7) is -0.142. The van der Waals surface area contributed by atoms with E-state index >= 15 is 0 Å². The fourth-order valence-electron chi connectivity index (χ4n) is 3.67. The van der Waals surface area contributed by atoms with Crippen molar-refractivity contribution in [1.29, 1.82) is 0 Å². The minimum absolute atomic E-state index is 0.0545. The Labute approximate surface area is 211 Å². The van der Waals surface area contributed by atoms with Crippen LogP contribution in [0.2, 0.25) is 5.02 Å². The highest BCUT2D eigenvalue weighted by atomic mass is 35.5. The summed E-state index contributed by atoms with van der Waals surface area (Å²) in [4.78, 5) is 12.4. The van der Waals surface area contributed by atoms with Gasteiger partial charge in [-0.1, -0.05) is 23.7 Å². The number of hydrogen-bond donors (Lipinski definition) is 1. The summed E-state index contributed by atoms with van der Waals surface area (Å²) in [6, 6.07) is 5.72. The number of ether oxygens (including phenoxy) is 1. The molecule has 2 aromatic carbocycles. The first-order chi connectivity index (χ1) is 17.5. The number of aryl methyl sites for hydroxylation is 1. The molecule has 1 aromatic heterocycles. The lowest BCUT2D eigenvalue weighted by Crippen LogP contribution is -2.25. The van der Waals surface area contributed by atoms with E-state index in [0.29, 0.717) is 17.7 Å². The number of carbonyl (C=O) groups excluding carboxylic acids is 1. The molecule has 3 aromatic rings. The Hall–Kier alpha value is -3.28. The zero-order chi connectivity index (χ0) is 26.9. The van der Waals surface area contributed by atoms with Gasteiger partial charge in [-0.05, 0) is 37.0 Å². The highest BCUT2D eigenvalue weighted by molar-refractivity contribution is 6.32. The van der Waals surface area contributed by atoms with Crippen LogP contribution in [-0.2, 0) is 19.3 Å². The first-order valence-electron chi connectivity index (χ1n) is 11.1. The number of amides is 1. The van der Waals surface area contributed by atoms with Crippen LogP contribution in [0.5, 0.6) is 5.75 Å². The van der Waals surface area contributed by atoms with Crippen LogP contribution in [0.25, 0.3) is 0 Å². The van der Waals surface area contributed by atoms with Gasteiger partial charge < -0.3 is 10.1 Å². The molecule has 37 heavy (non-hydrogen) atoms. The van der Waals surface area contributed by atoms with Crippen molar-refractivity contribution in [3.8, 4) is 5.75 Å². The standard InChI is InChI=1S/C24H19ClF7N3O2/c25-17-20(13-6-7-13)35(34-22(17)24(30,31)32)9-1-8-33-23(36)14-4-2-12(3-5-14)11-37-21-18(28)15(26)10-16(27)19(21)29/h2-5,10,13H,1,6-9,11H2,(H,33,36). The largest absolute Gasteiger partial charge is 0.483 e. The Bertz CT molecular complexity index is 1280. The van der Waals surface area contributed by atoms with Gasteiger partial charge in [0.15, 0.2) is 23.1 Å². The molecule has 1 fully saturated rings. The maximum Gasteiger partial charge on any atom is 0.436 e. The predicted molar refractivity (Wildman–Crippen MR) is 118 cm³/mol.